The van der Waals surface area contributed by atoms with Gasteiger partial charge < -0.3 is 14.4 Å². The fourth-order valence-corrected chi connectivity index (χ4v) is 5.47. The standard InChI is InChI=1S/C17H14N2O2S.C12H16Cl2N2/c1-21-15-10-12(11-20)7-8-14(15)19-22-16-6-2-4-13-5-3-9-18-17(13)16;1-15-2-4-16(5-3-15)9-10-6-11(13)8-12(14)7-10/h2-11,19H,1H3;6-8H,2-5,9H2,1H3. The molecule has 1 aliphatic rings. The van der Waals surface area contributed by atoms with E-state index >= 15 is 0 Å². The quantitative estimate of drug-likeness (QED) is 0.192. The van der Waals surface area contributed by atoms with Crippen molar-refractivity contribution < 1.29 is 9.53 Å². The summed E-state index contributed by atoms with van der Waals surface area (Å²) in [6, 6.07) is 21.0. The summed E-state index contributed by atoms with van der Waals surface area (Å²) in [5.41, 5.74) is 3.54. The number of likely N-dealkylation sites (N-methyl/N-ethyl adjacent to an activating group) is 1. The summed E-state index contributed by atoms with van der Waals surface area (Å²) in [5.74, 6) is 0.630. The number of methoxy groups -OCH3 is 1. The number of hydrogen-bond acceptors (Lipinski definition) is 7. The maximum Gasteiger partial charge on any atom is 0.150 e. The number of pyridine rings is 1. The van der Waals surface area contributed by atoms with E-state index in [-0.39, 0.29) is 0 Å². The molecule has 1 aromatic heterocycles. The van der Waals surface area contributed by atoms with Crippen LogP contribution in [0.3, 0.4) is 0 Å². The third-order valence-corrected chi connectivity index (χ3v) is 7.46. The van der Waals surface area contributed by atoms with Crippen LogP contribution in [0.4, 0.5) is 5.69 Å². The Kier molecular flexibility index (Phi) is 10.3. The smallest absolute Gasteiger partial charge is 0.150 e. The van der Waals surface area contributed by atoms with E-state index in [0.29, 0.717) is 11.3 Å². The summed E-state index contributed by atoms with van der Waals surface area (Å²) < 4.78 is 8.57. The number of piperazine rings is 1. The Morgan fingerprint density at radius 3 is 2.45 bits per heavy atom. The molecule has 2 heterocycles. The lowest BCUT2D eigenvalue weighted by molar-refractivity contribution is 0.112. The fraction of sp³-hybridized carbons (Fsp3) is 0.241. The van der Waals surface area contributed by atoms with Gasteiger partial charge in [0.2, 0.25) is 0 Å². The van der Waals surface area contributed by atoms with Crippen molar-refractivity contribution >= 4 is 58.0 Å². The van der Waals surface area contributed by atoms with Gasteiger partial charge in [-0.1, -0.05) is 41.4 Å². The second-order valence-corrected chi connectivity index (χ2v) is 10.7. The van der Waals surface area contributed by atoms with E-state index in [1.54, 1.807) is 31.5 Å². The molecule has 1 aliphatic heterocycles. The second-order valence-electron chi connectivity index (χ2n) is 8.97. The molecule has 6 nitrogen and oxygen atoms in total. The Morgan fingerprint density at radius 1 is 1.00 bits per heavy atom. The van der Waals surface area contributed by atoms with Crippen molar-refractivity contribution in [1.29, 1.82) is 0 Å². The van der Waals surface area contributed by atoms with E-state index in [0.717, 1.165) is 70.5 Å². The normalized spacial score (nSPS) is 14.0. The van der Waals surface area contributed by atoms with Gasteiger partial charge in [0.1, 0.15) is 12.0 Å². The summed E-state index contributed by atoms with van der Waals surface area (Å²) in [5, 5.41) is 2.53. The van der Waals surface area contributed by atoms with Crippen LogP contribution in [-0.2, 0) is 6.54 Å². The average Bonchev–Trinajstić information content (AvgIpc) is 2.93. The van der Waals surface area contributed by atoms with Gasteiger partial charge in [-0.2, -0.15) is 0 Å². The number of carbonyl (C=O) groups excluding carboxylic acids is 1. The van der Waals surface area contributed by atoms with Crippen LogP contribution in [-0.4, -0.2) is 61.4 Å². The van der Waals surface area contributed by atoms with Gasteiger partial charge in [0, 0.05) is 59.9 Å². The summed E-state index contributed by atoms with van der Waals surface area (Å²) in [6.07, 6.45) is 2.58. The highest BCUT2D eigenvalue weighted by Crippen LogP contribution is 2.32. The largest absolute Gasteiger partial charge is 0.495 e. The second kappa shape index (κ2) is 13.8. The number of hydrogen-bond donors (Lipinski definition) is 1. The highest BCUT2D eigenvalue weighted by atomic mass is 35.5. The van der Waals surface area contributed by atoms with Crippen LogP contribution < -0.4 is 9.46 Å². The molecule has 0 radical (unpaired) electrons. The van der Waals surface area contributed by atoms with Gasteiger partial charge in [-0.15, -0.1) is 0 Å². The Balaban J connectivity index is 0.000000186. The average molecular weight is 570 g/mol. The van der Waals surface area contributed by atoms with Gasteiger partial charge in [-0.3, -0.25) is 14.7 Å². The molecule has 0 unspecified atom stereocenters. The molecule has 1 fully saturated rings. The number of fused-ring (bicyclic) bond motifs is 1. The van der Waals surface area contributed by atoms with Gasteiger partial charge in [0.05, 0.1) is 23.2 Å². The van der Waals surface area contributed by atoms with Crippen LogP contribution in [0.2, 0.25) is 10.0 Å². The molecule has 0 spiro atoms. The SMILES string of the molecule is CN1CCN(Cc2cc(Cl)cc(Cl)c2)CC1.COc1cc(C=O)ccc1NSc1cccc2cccnc12. The molecular formula is C29H30Cl2N4O2S. The zero-order valence-corrected chi connectivity index (χ0v) is 23.7. The van der Waals surface area contributed by atoms with Crippen LogP contribution >= 0.6 is 35.1 Å². The summed E-state index contributed by atoms with van der Waals surface area (Å²) >= 11 is 13.4. The molecule has 1 saturated heterocycles. The molecule has 0 aliphatic carbocycles. The van der Waals surface area contributed by atoms with Crippen molar-refractivity contribution in [2.45, 2.75) is 11.4 Å². The topological polar surface area (TPSA) is 57.7 Å². The fourth-order valence-electron chi connectivity index (χ4n) is 4.10. The Hall–Kier alpha value is -2.81. The molecule has 0 saturated carbocycles. The number of aromatic nitrogens is 1. The van der Waals surface area contributed by atoms with Gasteiger partial charge in [0.15, 0.2) is 0 Å². The molecule has 1 N–H and O–H groups in total. The van der Waals surface area contributed by atoms with Crippen molar-refractivity contribution in [3.63, 3.8) is 0 Å². The summed E-state index contributed by atoms with van der Waals surface area (Å²) in [4.78, 5) is 21.1. The zero-order valence-electron chi connectivity index (χ0n) is 21.4. The molecule has 38 heavy (non-hydrogen) atoms. The molecule has 0 amide bonds. The van der Waals surface area contributed by atoms with Crippen molar-refractivity contribution in [3.05, 3.63) is 94.1 Å². The number of aldehydes is 1. The van der Waals surface area contributed by atoms with Crippen molar-refractivity contribution in [3.8, 4) is 5.75 Å². The number of ether oxygens (including phenoxy) is 1. The van der Waals surface area contributed by atoms with Gasteiger partial charge in [-0.05, 0) is 73.1 Å². The van der Waals surface area contributed by atoms with Crippen LogP contribution in [0.25, 0.3) is 10.9 Å². The Bertz CT molecular complexity index is 1350. The minimum absolute atomic E-state index is 0.583. The lowest BCUT2D eigenvalue weighted by Gasteiger charge is -2.32. The van der Waals surface area contributed by atoms with Gasteiger partial charge in [0.25, 0.3) is 0 Å². The number of halogens is 2. The first kappa shape index (κ1) is 28.2. The number of benzene rings is 3. The van der Waals surface area contributed by atoms with E-state index < -0.39 is 0 Å². The van der Waals surface area contributed by atoms with Crippen molar-refractivity contribution in [1.82, 2.24) is 14.8 Å². The maximum absolute atomic E-state index is 10.8. The number of para-hydroxylation sites is 1. The maximum atomic E-state index is 10.8. The highest BCUT2D eigenvalue weighted by molar-refractivity contribution is 8.00. The first-order valence-corrected chi connectivity index (χ1v) is 13.8. The van der Waals surface area contributed by atoms with Gasteiger partial charge >= 0.3 is 0 Å². The molecule has 198 valence electrons. The first-order valence-electron chi connectivity index (χ1n) is 12.2. The molecule has 4 aromatic rings. The molecule has 3 aromatic carbocycles. The van der Waals surface area contributed by atoms with E-state index in [1.807, 2.05) is 48.5 Å². The first-order chi connectivity index (χ1) is 18.4. The number of carbonyl (C=O) groups is 1. The number of anilines is 1. The van der Waals surface area contributed by atoms with E-state index in [9.17, 15) is 4.79 Å². The lowest BCUT2D eigenvalue weighted by atomic mass is 10.2. The minimum Gasteiger partial charge on any atom is -0.495 e. The minimum atomic E-state index is 0.583. The number of rotatable bonds is 7. The zero-order chi connectivity index (χ0) is 26.9. The molecule has 0 atom stereocenters. The van der Waals surface area contributed by atoms with Crippen LogP contribution in [0.5, 0.6) is 5.75 Å². The monoisotopic (exact) mass is 568 g/mol. The van der Waals surface area contributed by atoms with Gasteiger partial charge in [-0.25, -0.2) is 0 Å². The van der Waals surface area contributed by atoms with Crippen molar-refractivity contribution in [2.75, 3.05) is 45.1 Å². The van der Waals surface area contributed by atoms with Crippen LogP contribution in [0, 0.1) is 0 Å². The summed E-state index contributed by atoms with van der Waals surface area (Å²) in [7, 11) is 3.74. The Morgan fingerprint density at radius 2 is 1.74 bits per heavy atom. The van der Waals surface area contributed by atoms with Crippen LogP contribution in [0.15, 0.2) is 77.8 Å². The van der Waals surface area contributed by atoms with E-state index in [1.165, 1.54) is 17.5 Å². The Labute approximate surface area is 238 Å². The lowest BCUT2D eigenvalue weighted by Crippen LogP contribution is -2.43. The number of nitrogens with zero attached hydrogens (tertiary/aromatic N) is 3. The van der Waals surface area contributed by atoms with Crippen LogP contribution in [0.1, 0.15) is 15.9 Å². The van der Waals surface area contributed by atoms with Crippen molar-refractivity contribution in [2.24, 2.45) is 0 Å². The molecule has 5 rings (SSSR count). The molecule has 0 bridgehead atoms. The summed E-state index contributed by atoms with van der Waals surface area (Å²) in [6.45, 7) is 5.43. The predicted molar refractivity (Wildman–Crippen MR) is 159 cm³/mol. The van der Waals surface area contributed by atoms with E-state index in [4.69, 9.17) is 27.9 Å². The predicted octanol–water partition coefficient (Wildman–Crippen LogP) is 6.92. The molecule has 9 heteroatoms. The van der Waals surface area contributed by atoms with E-state index in [2.05, 4.69) is 26.6 Å². The molecular weight excluding hydrogens is 539 g/mol. The third-order valence-electron chi connectivity index (χ3n) is 6.15. The third kappa shape index (κ3) is 7.85. The highest BCUT2D eigenvalue weighted by Gasteiger charge is 2.14. The number of nitrogens with one attached hydrogen (secondary N) is 1.